The molecular weight excluding hydrogens is 433 g/mol. The number of halogens is 3. The number of aryl methyl sites for hydroxylation is 1. The van der Waals surface area contributed by atoms with Crippen molar-refractivity contribution in [2.24, 2.45) is 0 Å². The average Bonchev–Trinajstić information content (AvgIpc) is 2.83. The largest absolute Gasteiger partial charge is 0.385 e. The Bertz CT molecular complexity index is 1430. The summed E-state index contributed by atoms with van der Waals surface area (Å²) in [6.45, 7) is 0.536. The molecule has 0 aliphatic carbocycles. The molecule has 4 heteroatoms. The van der Waals surface area contributed by atoms with Gasteiger partial charge < -0.3 is 4.74 Å². The molecule has 0 aliphatic heterocycles. The van der Waals surface area contributed by atoms with Crippen molar-refractivity contribution in [3.8, 4) is 23.7 Å². The number of methoxy groups -OCH3 is 1. The lowest BCUT2D eigenvalue weighted by atomic mass is 10.1. The van der Waals surface area contributed by atoms with Gasteiger partial charge in [-0.1, -0.05) is 35.8 Å². The van der Waals surface area contributed by atoms with Gasteiger partial charge in [0, 0.05) is 30.4 Å². The van der Waals surface area contributed by atoms with Crippen LogP contribution in [0.2, 0.25) is 0 Å². The van der Waals surface area contributed by atoms with E-state index in [4.69, 9.17) is 4.74 Å². The molecule has 0 N–H and O–H groups in total. The zero-order valence-electron chi connectivity index (χ0n) is 18.6. The van der Waals surface area contributed by atoms with Crippen LogP contribution in [0.1, 0.15) is 34.2 Å². The van der Waals surface area contributed by atoms with Gasteiger partial charge in [0.2, 0.25) is 0 Å². The lowest BCUT2D eigenvalue weighted by molar-refractivity contribution is 0.195. The number of hydrogen-bond acceptors (Lipinski definition) is 1. The van der Waals surface area contributed by atoms with E-state index in [-0.39, 0.29) is 11.4 Å². The minimum Gasteiger partial charge on any atom is -0.385 e. The molecule has 4 aromatic rings. The number of benzene rings is 4. The maximum Gasteiger partial charge on any atom is 0.142 e. The van der Waals surface area contributed by atoms with E-state index in [9.17, 15) is 13.2 Å². The normalized spacial score (nSPS) is 10.4. The standard InChI is InChI=1S/C30H21F3O/c1-34-16-2-3-24-18-29(32)28(30(33)19-24)15-11-22-6-4-21(5-7-22)8-9-23-10-12-26-20-27(31)14-13-25(26)17-23/h4-7,10,12-14,17-20H,2-3,16H2,1H3. The van der Waals surface area contributed by atoms with Crippen molar-refractivity contribution < 1.29 is 17.9 Å². The van der Waals surface area contributed by atoms with Gasteiger partial charge in [-0.05, 0) is 89.8 Å². The summed E-state index contributed by atoms with van der Waals surface area (Å²) in [5.41, 5.74) is 2.57. The van der Waals surface area contributed by atoms with Crippen molar-refractivity contribution in [3.63, 3.8) is 0 Å². The smallest absolute Gasteiger partial charge is 0.142 e. The number of fused-ring (bicyclic) bond motifs is 1. The molecular formula is C30H21F3O. The second-order valence-corrected chi connectivity index (χ2v) is 7.81. The summed E-state index contributed by atoms with van der Waals surface area (Å²) in [4.78, 5) is 0. The van der Waals surface area contributed by atoms with Crippen LogP contribution in [-0.2, 0) is 11.2 Å². The van der Waals surface area contributed by atoms with Gasteiger partial charge in [0.25, 0.3) is 0 Å². The fourth-order valence-electron chi connectivity index (χ4n) is 3.52. The second kappa shape index (κ2) is 10.8. The van der Waals surface area contributed by atoms with E-state index in [1.165, 1.54) is 24.3 Å². The Morgan fingerprint density at radius 3 is 1.88 bits per heavy atom. The molecule has 0 fully saturated rings. The Balaban J connectivity index is 1.47. The Morgan fingerprint density at radius 1 is 0.647 bits per heavy atom. The summed E-state index contributed by atoms with van der Waals surface area (Å²) in [5.74, 6) is 9.99. The van der Waals surface area contributed by atoms with Crippen molar-refractivity contribution in [3.05, 3.63) is 118 Å². The highest BCUT2D eigenvalue weighted by atomic mass is 19.1. The summed E-state index contributed by atoms with van der Waals surface area (Å²) in [5, 5.41) is 1.74. The third-order valence-corrected chi connectivity index (χ3v) is 5.29. The van der Waals surface area contributed by atoms with E-state index < -0.39 is 11.6 Å². The van der Waals surface area contributed by atoms with E-state index >= 15 is 0 Å². The highest BCUT2D eigenvalue weighted by molar-refractivity contribution is 5.84. The van der Waals surface area contributed by atoms with Crippen LogP contribution in [0.3, 0.4) is 0 Å². The van der Waals surface area contributed by atoms with Crippen molar-refractivity contribution >= 4 is 10.8 Å². The van der Waals surface area contributed by atoms with Crippen molar-refractivity contribution in [1.29, 1.82) is 0 Å². The molecule has 0 aliphatic rings. The lowest BCUT2D eigenvalue weighted by Gasteiger charge is -2.04. The summed E-state index contributed by atoms with van der Waals surface area (Å²) in [7, 11) is 1.59. The van der Waals surface area contributed by atoms with E-state index in [2.05, 4.69) is 23.7 Å². The minimum absolute atomic E-state index is 0.240. The van der Waals surface area contributed by atoms with Gasteiger partial charge in [-0.2, -0.15) is 0 Å². The molecule has 34 heavy (non-hydrogen) atoms. The molecule has 0 heterocycles. The van der Waals surface area contributed by atoms with E-state index in [0.717, 1.165) is 21.9 Å². The summed E-state index contributed by atoms with van der Waals surface area (Å²) in [6, 6.07) is 20.0. The SMILES string of the molecule is COCCCc1cc(F)c(C#Cc2ccc(C#Cc3ccc4cc(F)ccc4c3)cc2)c(F)c1. The Labute approximate surface area is 197 Å². The van der Waals surface area contributed by atoms with Crippen LogP contribution in [0.15, 0.2) is 72.8 Å². The van der Waals surface area contributed by atoms with Crippen molar-refractivity contribution in [1.82, 2.24) is 0 Å². The lowest BCUT2D eigenvalue weighted by Crippen LogP contribution is -1.97. The fourth-order valence-corrected chi connectivity index (χ4v) is 3.52. The molecule has 0 radical (unpaired) electrons. The first-order valence-electron chi connectivity index (χ1n) is 10.8. The molecule has 0 aromatic heterocycles. The first-order valence-corrected chi connectivity index (χ1v) is 10.8. The topological polar surface area (TPSA) is 9.23 Å². The van der Waals surface area contributed by atoms with Crippen LogP contribution < -0.4 is 0 Å². The average molecular weight is 454 g/mol. The van der Waals surface area contributed by atoms with Crippen molar-refractivity contribution in [2.75, 3.05) is 13.7 Å². The highest BCUT2D eigenvalue weighted by Gasteiger charge is 2.09. The van der Waals surface area contributed by atoms with Gasteiger partial charge in [-0.25, -0.2) is 13.2 Å². The van der Waals surface area contributed by atoms with Gasteiger partial charge in [0.05, 0.1) is 5.56 Å². The molecule has 0 unspecified atom stereocenters. The summed E-state index contributed by atoms with van der Waals surface area (Å²) >= 11 is 0. The number of ether oxygens (including phenoxy) is 1. The Morgan fingerprint density at radius 2 is 1.21 bits per heavy atom. The van der Waals surface area contributed by atoms with Gasteiger partial charge in [0.1, 0.15) is 17.5 Å². The number of rotatable bonds is 4. The second-order valence-electron chi connectivity index (χ2n) is 7.81. The third-order valence-electron chi connectivity index (χ3n) is 5.29. The van der Waals surface area contributed by atoms with Gasteiger partial charge in [-0.3, -0.25) is 0 Å². The van der Waals surface area contributed by atoms with Crippen LogP contribution in [0, 0.1) is 41.1 Å². The Kier molecular flexibility index (Phi) is 7.33. The van der Waals surface area contributed by atoms with Gasteiger partial charge in [-0.15, -0.1) is 0 Å². The minimum atomic E-state index is -0.666. The van der Waals surface area contributed by atoms with Crippen LogP contribution in [0.25, 0.3) is 10.8 Å². The molecule has 0 atom stereocenters. The molecule has 0 spiro atoms. The van der Waals surface area contributed by atoms with E-state index in [1.54, 1.807) is 37.4 Å². The molecule has 0 amide bonds. The predicted molar refractivity (Wildman–Crippen MR) is 129 cm³/mol. The molecule has 1 nitrogen and oxygen atoms in total. The Hall–Kier alpha value is -3.99. The van der Waals surface area contributed by atoms with Gasteiger partial charge >= 0.3 is 0 Å². The number of hydrogen-bond donors (Lipinski definition) is 0. The molecule has 0 saturated carbocycles. The van der Waals surface area contributed by atoms with Crippen molar-refractivity contribution in [2.45, 2.75) is 12.8 Å². The van der Waals surface area contributed by atoms with Crippen LogP contribution in [0.5, 0.6) is 0 Å². The summed E-state index contributed by atoms with van der Waals surface area (Å²) in [6.07, 6.45) is 1.23. The monoisotopic (exact) mass is 454 g/mol. The first-order chi connectivity index (χ1) is 16.5. The maximum atomic E-state index is 14.4. The van der Waals surface area contributed by atoms with E-state index in [0.29, 0.717) is 30.6 Å². The highest BCUT2D eigenvalue weighted by Crippen LogP contribution is 2.18. The molecule has 4 aromatic carbocycles. The summed E-state index contributed by atoms with van der Waals surface area (Å²) < 4.78 is 47.0. The molecule has 0 saturated heterocycles. The third kappa shape index (κ3) is 5.87. The van der Waals surface area contributed by atoms with E-state index in [1.807, 2.05) is 18.2 Å². The fraction of sp³-hybridized carbons (Fsp3) is 0.133. The maximum absolute atomic E-state index is 14.4. The van der Waals surface area contributed by atoms with Crippen LogP contribution in [-0.4, -0.2) is 13.7 Å². The predicted octanol–water partition coefficient (Wildman–Crippen LogP) is 6.64. The first kappa shape index (κ1) is 23.2. The van der Waals surface area contributed by atoms with Crippen LogP contribution >= 0.6 is 0 Å². The molecule has 0 bridgehead atoms. The quantitative estimate of drug-likeness (QED) is 0.248. The van der Waals surface area contributed by atoms with Crippen LogP contribution in [0.4, 0.5) is 13.2 Å². The van der Waals surface area contributed by atoms with Gasteiger partial charge in [0.15, 0.2) is 0 Å². The molecule has 4 rings (SSSR count). The zero-order chi connectivity index (χ0) is 23.9. The molecule has 168 valence electrons. The zero-order valence-corrected chi connectivity index (χ0v) is 18.6.